The Kier molecular flexibility index (Phi) is 2.83. The molecule has 0 saturated heterocycles. The van der Waals surface area contributed by atoms with E-state index < -0.39 is 5.54 Å². The first kappa shape index (κ1) is 12.6. The lowest BCUT2D eigenvalue weighted by molar-refractivity contribution is 0.447. The number of rotatable bonds is 2. The van der Waals surface area contributed by atoms with E-state index in [4.69, 9.17) is 0 Å². The SMILES string of the molecule is Cc1cc2sn(C(C)(C)c3ccccn3)c(=O)c2s1. The summed E-state index contributed by atoms with van der Waals surface area (Å²) in [5, 5.41) is 0. The fourth-order valence-electron chi connectivity index (χ4n) is 2.14. The second kappa shape index (κ2) is 4.28. The number of hydrogen-bond acceptors (Lipinski definition) is 4. The van der Waals surface area contributed by atoms with Gasteiger partial charge in [-0.2, -0.15) is 0 Å². The molecule has 0 aliphatic rings. The zero-order valence-electron chi connectivity index (χ0n) is 11.0. The fourth-order valence-corrected chi connectivity index (χ4v) is 4.43. The topological polar surface area (TPSA) is 34.9 Å². The first-order chi connectivity index (χ1) is 9.00. The molecule has 3 aromatic heterocycles. The van der Waals surface area contributed by atoms with Crippen molar-refractivity contribution in [1.82, 2.24) is 8.94 Å². The van der Waals surface area contributed by atoms with Crippen LogP contribution in [0.5, 0.6) is 0 Å². The molecule has 19 heavy (non-hydrogen) atoms. The summed E-state index contributed by atoms with van der Waals surface area (Å²) in [5.41, 5.74) is 0.576. The van der Waals surface area contributed by atoms with Gasteiger partial charge in [0.1, 0.15) is 4.70 Å². The summed E-state index contributed by atoms with van der Waals surface area (Å²) < 4.78 is 3.75. The molecule has 0 fully saturated rings. The Bertz CT molecular complexity index is 781. The fraction of sp³-hybridized carbons (Fsp3) is 0.286. The van der Waals surface area contributed by atoms with Crippen LogP contribution in [-0.2, 0) is 5.54 Å². The van der Waals surface area contributed by atoms with Crippen molar-refractivity contribution in [2.75, 3.05) is 0 Å². The molecule has 5 heteroatoms. The maximum Gasteiger partial charge on any atom is 0.279 e. The van der Waals surface area contributed by atoms with E-state index in [1.807, 2.05) is 42.9 Å². The second-order valence-electron chi connectivity index (χ2n) is 5.02. The van der Waals surface area contributed by atoms with E-state index >= 15 is 0 Å². The largest absolute Gasteiger partial charge is 0.279 e. The predicted octanol–water partition coefficient (Wildman–Crippen LogP) is 3.61. The van der Waals surface area contributed by atoms with Crippen LogP contribution in [0.1, 0.15) is 24.4 Å². The lowest BCUT2D eigenvalue weighted by Gasteiger charge is -2.24. The minimum Gasteiger partial charge on any atom is -0.267 e. The highest BCUT2D eigenvalue weighted by atomic mass is 32.1. The molecule has 0 bridgehead atoms. The average molecular weight is 290 g/mol. The van der Waals surface area contributed by atoms with Crippen LogP contribution in [0.15, 0.2) is 35.3 Å². The summed E-state index contributed by atoms with van der Waals surface area (Å²) in [6.45, 7) is 6.10. The van der Waals surface area contributed by atoms with Crippen molar-refractivity contribution in [2.24, 2.45) is 0 Å². The molecule has 0 aliphatic heterocycles. The maximum atomic E-state index is 12.5. The van der Waals surface area contributed by atoms with Crippen molar-refractivity contribution in [2.45, 2.75) is 26.3 Å². The molecule has 0 radical (unpaired) electrons. The summed E-state index contributed by atoms with van der Waals surface area (Å²) in [4.78, 5) is 18.1. The number of hydrogen-bond donors (Lipinski definition) is 0. The number of nitrogens with zero attached hydrogens (tertiary/aromatic N) is 2. The van der Waals surface area contributed by atoms with E-state index in [1.165, 1.54) is 16.4 Å². The Balaban J connectivity index is 2.21. The average Bonchev–Trinajstić information content (AvgIpc) is 2.89. The summed E-state index contributed by atoms with van der Waals surface area (Å²) in [6.07, 6.45) is 1.77. The van der Waals surface area contributed by atoms with Crippen LogP contribution >= 0.6 is 22.9 Å². The molecular weight excluding hydrogens is 276 g/mol. The molecule has 0 atom stereocenters. The van der Waals surface area contributed by atoms with Crippen molar-refractivity contribution < 1.29 is 0 Å². The lowest BCUT2D eigenvalue weighted by Crippen LogP contribution is -2.34. The highest BCUT2D eigenvalue weighted by Crippen LogP contribution is 2.31. The van der Waals surface area contributed by atoms with Crippen LogP contribution in [0, 0.1) is 6.92 Å². The molecule has 0 N–H and O–H groups in total. The maximum absolute atomic E-state index is 12.5. The Morgan fingerprint density at radius 3 is 2.74 bits per heavy atom. The third kappa shape index (κ3) is 1.93. The van der Waals surface area contributed by atoms with E-state index in [0.717, 1.165) is 15.1 Å². The summed E-state index contributed by atoms with van der Waals surface area (Å²) in [7, 11) is 0. The van der Waals surface area contributed by atoms with E-state index in [9.17, 15) is 4.79 Å². The van der Waals surface area contributed by atoms with Gasteiger partial charge in [0, 0.05) is 11.1 Å². The van der Waals surface area contributed by atoms with Crippen LogP contribution in [0.25, 0.3) is 9.40 Å². The monoisotopic (exact) mass is 290 g/mol. The Morgan fingerprint density at radius 1 is 1.32 bits per heavy atom. The molecular formula is C14H14N2OS2. The van der Waals surface area contributed by atoms with E-state index in [1.54, 1.807) is 17.5 Å². The molecule has 3 aromatic rings. The second-order valence-corrected chi connectivity index (χ2v) is 7.26. The van der Waals surface area contributed by atoms with Gasteiger partial charge in [-0.1, -0.05) is 17.6 Å². The number of aryl methyl sites for hydroxylation is 1. The highest BCUT2D eigenvalue weighted by molar-refractivity contribution is 7.25. The summed E-state index contributed by atoms with van der Waals surface area (Å²) in [6, 6.07) is 7.89. The molecule has 0 amide bonds. The first-order valence-electron chi connectivity index (χ1n) is 6.04. The zero-order chi connectivity index (χ0) is 13.6. The van der Waals surface area contributed by atoms with Crippen LogP contribution in [0.2, 0.25) is 0 Å². The number of fused-ring (bicyclic) bond motifs is 1. The van der Waals surface area contributed by atoms with Crippen molar-refractivity contribution in [3.63, 3.8) is 0 Å². The van der Waals surface area contributed by atoms with Crippen molar-refractivity contribution in [1.29, 1.82) is 0 Å². The zero-order valence-corrected chi connectivity index (χ0v) is 12.6. The minimum absolute atomic E-state index is 0.0914. The predicted molar refractivity (Wildman–Crippen MR) is 81.4 cm³/mol. The minimum atomic E-state index is -0.421. The lowest BCUT2D eigenvalue weighted by atomic mass is 10.0. The van der Waals surface area contributed by atoms with Crippen molar-refractivity contribution in [3.05, 3.63) is 51.4 Å². The van der Waals surface area contributed by atoms with E-state index in [-0.39, 0.29) is 5.56 Å². The van der Waals surface area contributed by atoms with Gasteiger partial charge < -0.3 is 0 Å². The number of aromatic nitrogens is 2. The van der Waals surface area contributed by atoms with Crippen LogP contribution < -0.4 is 5.56 Å². The molecule has 98 valence electrons. The van der Waals surface area contributed by atoms with E-state index in [0.29, 0.717) is 0 Å². The molecule has 0 spiro atoms. The smallest absolute Gasteiger partial charge is 0.267 e. The molecule has 0 aromatic carbocycles. The Morgan fingerprint density at radius 2 is 2.11 bits per heavy atom. The quantitative estimate of drug-likeness (QED) is 0.722. The Labute approximate surface area is 119 Å². The van der Waals surface area contributed by atoms with Gasteiger partial charge in [-0.3, -0.25) is 13.7 Å². The molecule has 3 rings (SSSR count). The van der Waals surface area contributed by atoms with Crippen molar-refractivity contribution in [3.8, 4) is 0 Å². The molecule has 0 saturated carbocycles. The van der Waals surface area contributed by atoms with Gasteiger partial charge in [0.2, 0.25) is 0 Å². The van der Waals surface area contributed by atoms with Crippen LogP contribution in [-0.4, -0.2) is 8.94 Å². The summed E-state index contributed by atoms with van der Waals surface area (Å²) in [5.74, 6) is 0. The van der Waals surface area contributed by atoms with Gasteiger partial charge in [-0.25, -0.2) is 0 Å². The van der Waals surface area contributed by atoms with Crippen molar-refractivity contribution >= 4 is 32.3 Å². The summed E-state index contributed by atoms with van der Waals surface area (Å²) >= 11 is 3.09. The molecule has 0 unspecified atom stereocenters. The van der Waals surface area contributed by atoms with Gasteiger partial charge in [0.15, 0.2) is 0 Å². The normalized spacial score (nSPS) is 12.2. The molecule has 3 nitrogen and oxygen atoms in total. The number of pyridine rings is 1. The van der Waals surface area contributed by atoms with Crippen LogP contribution in [0.3, 0.4) is 0 Å². The molecule has 0 aliphatic carbocycles. The van der Waals surface area contributed by atoms with E-state index in [2.05, 4.69) is 11.1 Å². The third-order valence-corrected chi connectivity index (χ3v) is 5.68. The first-order valence-corrected chi connectivity index (χ1v) is 7.63. The van der Waals surface area contributed by atoms with Gasteiger partial charge in [-0.15, -0.1) is 11.3 Å². The van der Waals surface area contributed by atoms with Gasteiger partial charge in [0.25, 0.3) is 5.56 Å². The van der Waals surface area contributed by atoms with Crippen LogP contribution in [0.4, 0.5) is 0 Å². The van der Waals surface area contributed by atoms with Gasteiger partial charge in [-0.05, 0) is 39.0 Å². The highest BCUT2D eigenvalue weighted by Gasteiger charge is 2.28. The molecule has 3 heterocycles. The number of thiophene rings is 1. The van der Waals surface area contributed by atoms with Gasteiger partial charge in [0.05, 0.1) is 15.9 Å². The third-order valence-electron chi connectivity index (χ3n) is 3.19. The standard InChI is InChI=1S/C14H14N2OS2/c1-9-8-10-12(18-9)13(17)16(19-10)14(2,3)11-6-4-5-7-15-11/h4-8H,1-3H3. The van der Waals surface area contributed by atoms with Gasteiger partial charge >= 0.3 is 0 Å². The Hall–Kier alpha value is -1.46.